The van der Waals surface area contributed by atoms with E-state index in [1.54, 1.807) is 32.9 Å². The van der Waals surface area contributed by atoms with Crippen LogP contribution in [0.4, 0.5) is 8.78 Å². The second-order valence-electron chi connectivity index (χ2n) is 7.78. The van der Waals surface area contributed by atoms with Crippen molar-refractivity contribution in [2.24, 2.45) is 5.73 Å². The monoisotopic (exact) mass is 548 g/mol. The van der Waals surface area contributed by atoms with Gasteiger partial charge in [-0.1, -0.05) is 13.0 Å². The van der Waals surface area contributed by atoms with Crippen LogP contribution in [0.15, 0.2) is 45.7 Å². The molecule has 3 aromatic rings. The number of benzene rings is 2. The van der Waals surface area contributed by atoms with Crippen LogP contribution in [0.5, 0.6) is 5.88 Å². The molecule has 8 nitrogen and oxygen atoms in total. The molecule has 0 aliphatic heterocycles. The van der Waals surface area contributed by atoms with Crippen molar-refractivity contribution in [2.45, 2.75) is 39.8 Å². The van der Waals surface area contributed by atoms with Crippen LogP contribution in [0.1, 0.15) is 40.7 Å². The predicted octanol–water partition coefficient (Wildman–Crippen LogP) is 3.46. The third kappa shape index (κ3) is 5.73. The Morgan fingerprint density at radius 2 is 1.91 bits per heavy atom. The summed E-state index contributed by atoms with van der Waals surface area (Å²) >= 11 is 3.19. The Hall–Kier alpha value is -3.60. The number of rotatable bonds is 8. The molecule has 3 N–H and O–H groups in total. The van der Waals surface area contributed by atoms with E-state index < -0.39 is 35.0 Å². The zero-order valence-corrected chi connectivity index (χ0v) is 20.8. The zero-order chi connectivity index (χ0) is 25.9. The van der Waals surface area contributed by atoms with Crippen LogP contribution in [0, 0.1) is 25.5 Å². The van der Waals surface area contributed by atoms with E-state index in [2.05, 4.69) is 26.2 Å². The first-order chi connectivity index (χ1) is 16.5. The molecule has 3 rings (SSSR count). The van der Waals surface area contributed by atoms with Gasteiger partial charge in [0.25, 0.3) is 11.5 Å². The standard InChI is InChI=1S/C24H23BrF2N4O4/c1-4-18(21(28)32)30-22(33)14-6-5-12(2)19(9-14)31-13(3)29-23(20(25)24(31)34)35-11-15-7-8-16(26)10-17(15)27/h5-10,18H,4,11H2,1-3H3,(H2,28,32)(H,30,33)/t18-/m0/s1. The van der Waals surface area contributed by atoms with Crippen molar-refractivity contribution in [3.63, 3.8) is 0 Å². The summed E-state index contributed by atoms with van der Waals surface area (Å²) in [6.45, 7) is 4.78. The summed E-state index contributed by atoms with van der Waals surface area (Å²) in [4.78, 5) is 41.6. The number of carbonyl (C=O) groups excluding carboxylic acids is 2. The molecule has 2 amide bonds. The van der Waals surface area contributed by atoms with Crippen molar-refractivity contribution in [1.82, 2.24) is 14.9 Å². The summed E-state index contributed by atoms with van der Waals surface area (Å²) < 4.78 is 33.8. The number of hydrogen-bond acceptors (Lipinski definition) is 5. The molecule has 1 heterocycles. The lowest BCUT2D eigenvalue weighted by molar-refractivity contribution is -0.119. The number of amides is 2. The number of carbonyl (C=O) groups is 2. The summed E-state index contributed by atoms with van der Waals surface area (Å²) in [5.41, 5.74) is 6.19. The van der Waals surface area contributed by atoms with Crippen LogP contribution in [-0.4, -0.2) is 27.4 Å². The van der Waals surface area contributed by atoms with Gasteiger partial charge < -0.3 is 15.8 Å². The molecule has 1 aromatic heterocycles. The molecular weight excluding hydrogens is 526 g/mol. The number of nitrogens with one attached hydrogen (secondary N) is 1. The van der Waals surface area contributed by atoms with Gasteiger partial charge in [-0.2, -0.15) is 4.98 Å². The van der Waals surface area contributed by atoms with Crippen molar-refractivity contribution in [2.75, 3.05) is 0 Å². The van der Waals surface area contributed by atoms with E-state index in [4.69, 9.17) is 10.5 Å². The number of aromatic nitrogens is 2. The van der Waals surface area contributed by atoms with Gasteiger partial charge in [0.2, 0.25) is 11.8 Å². The second-order valence-corrected chi connectivity index (χ2v) is 8.57. The summed E-state index contributed by atoms with van der Waals surface area (Å²) in [6, 6.07) is 7.00. The molecule has 0 fully saturated rings. The van der Waals surface area contributed by atoms with Gasteiger partial charge in [-0.15, -0.1) is 0 Å². The first kappa shape index (κ1) is 26.0. The quantitative estimate of drug-likeness (QED) is 0.447. The van der Waals surface area contributed by atoms with Crippen LogP contribution < -0.4 is 21.3 Å². The first-order valence-electron chi connectivity index (χ1n) is 10.6. The molecule has 35 heavy (non-hydrogen) atoms. The predicted molar refractivity (Wildman–Crippen MR) is 128 cm³/mol. The minimum Gasteiger partial charge on any atom is -0.472 e. The molecule has 0 saturated heterocycles. The van der Waals surface area contributed by atoms with Gasteiger partial charge >= 0.3 is 0 Å². The molecule has 0 saturated carbocycles. The maximum absolute atomic E-state index is 13.9. The summed E-state index contributed by atoms with van der Waals surface area (Å²) in [5, 5.41) is 2.57. The SMILES string of the molecule is CC[C@H](NC(=O)c1ccc(C)c(-n2c(C)nc(OCc3ccc(F)cc3F)c(Br)c2=O)c1)C(N)=O. The van der Waals surface area contributed by atoms with Gasteiger partial charge in [-0.25, -0.2) is 8.78 Å². The van der Waals surface area contributed by atoms with E-state index in [1.165, 1.54) is 16.7 Å². The van der Waals surface area contributed by atoms with Crippen molar-refractivity contribution in [1.29, 1.82) is 0 Å². The topological polar surface area (TPSA) is 116 Å². The Morgan fingerprint density at radius 3 is 2.54 bits per heavy atom. The fourth-order valence-corrected chi connectivity index (χ4v) is 3.73. The molecule has 0 radical (unpaired) electrons. The van der Waals surface area contributed by atoms with E-state index in [0.717, 1.165) is 12.1 Å². The van der Waals surface area contributed by atoms with Gasteiger partial charge in [-0.3, -0.25) is 19.0 Å². The van der Waals surface area contributed by atoms with Crippen molar-refractivity contribution >= 4 is 27.7 Å². The molecule has 184 valence electrons. The second kappa shape index (κ2) is 10.8. The maximum atomic E-state index is 13.9. The Balaban J connectivity index is 1.94. The van der Waals surface area contributed by atoms with Crippen molar-refractivity contribution in [3.05, 3.63) is 85.4 Å². The molecule has 11 heteroatoms. The van der Waals surface area contributed by atoms with Gasteiger partial charge in [0.1, 0.15) is 34.6 Å². The number of halogens is 3. The average Bonchev–Trinajstić information content (AvgIpc) is 2.80. The Kier molecular flexibility index (Phi) is 8.00. The van der Waals surface area contributed by atoms with E-state index in [1.807, 2.05) is 0 Å². The summed E-state index contributed by atoms with van der Waals surface area (Å²) in [5.74, 6) is -2.47. The number of aryl methyl sites for hydroxylation is 2. The number of hydrogen-bond donors (Lipinski definition) is 2. The zero-order valence-electron chi connectivity index (χ0n) is 19.2. The van der Waals surface area contributed by atoms with Crippen LogP contribution >= 0.6 is 15.9 Å². The molecule has 0 unspecified atom stereocenters. The summed E-state index contributed by atoms with van der Waals surface area (Å²) in [7, 11) is 0. The van der Waals surface area contributed by atoms with E-state index in [-0.39, 0.29) is 33.9 Å². The third-order valence-corrected chi connectivity index (χ3v) is 5.99. The minimum absolute atomic E-state index is 0.0142. The fraction of sp³-hybridized carbons (Fsp3) is 0.250. The molecule has 0 spiro atoms. The highest BCUT2D eigenvalue weighted by atomic mass is 79.9. The van der Waals surface area contributed by atoms with Crippen LogP contribution in [-0.2, 0) is 11.4 Å². The van der Waals surface area contributed by atoms with Crippen LogP contribution in [0.3, 0.4) is 0 Å². The van der Waals surface area contributed by atoms with Gasteiger partial charge in [0, 0.05) is 17.2 Å². The van der Waals surface area contributed by atoms with Crippen LogP contribution in [0.2, 0.25) is 0 Å². The molecule has 2 aromatic carbocycles. The highest BCUT2D eigenvalue weighted by Gasteiger charge is 2.20. The van der Waals surface area contributed by atoms with Gasteiger partial charge in [-0.05, 0) is 66.0 Å². The highest BCUT2D eigenvalue weighted by molar-refractivity contribution is 9.10. The van der Waals surface area contributed by atoms with E-state index in [0.29, 0.717) is 17.7 Å². The van der Waals surface area contributed by atoms with Crippen molar-refractivity contribution < 1.29 is 23.1 Å². The largest absolute Gasteiger partial charge is 0.472 e. The molecule has 1 atom stereocenters. The van der Waals surface area contributed by atoms with E-state index in [9.17, 15) is 23.2 Å². The molecule has 0 aliphatic rings. The normalized spacial score (nSPS) is 11.7. The highest BCUT2D eigenvalue weighted by Crippen LogP contribution is 2.24. The maximum Gasteiger partial charge on any atom is 0.276 e. The summed E-state index contributed by atoms with van der Waals surface area (Å²) in [6.07, 6.45) is 0.332. The van der Waals surface area contributed by atoms with Crippen molar-refractivity contribution in [3.8, 4) is 11.6 Å². The van der Waals surface area contributed by atoms with Crippen LogP contribution in [0.25, 0.3) is 5.69 Å². The van der Waals surface area contributed by atoms with E-state index >= 15 is 0 Å². The first-order valence-corrected chi connectivity index (χ1v) is 11.4. The molecule has 0 bridgehead atoms. The number of ether oxygens (including phenoxy) is 1. The smallest absolute Gasteiger partial charge is 0.276 e. The number of nitrogens with two attached hydrogens (primary N) is 1. The lowest BCUT2D eigenvalue weighted by Gasteiger charge is -2.17. The minimum atomic E-state index is -0.824. The molecular formula is C24H23BrF2N4O4. The Bertz CT molecular complexity index is 1360. The van der Waals surface area contributed by atoms with Gasteiger partial charge in [0.15, 0.2) is 0 Å². The number of primary amides is 1. The fourth-order valence-electron chi connectivity index (χ4n) is 3.35. The Labute approximate surface area is 208 Å². The van der Waals surface area contributed by atoms with Gasteiger partial charge in [0.05, 0.1) is 5.69 Å². The average molecular weight is 549 g/mol. The third-order valence-electron chi connectivity index (χ3n) is 5.31. The lowest BCUT2D eigenvalue weighted by atomic mass is 10.1. The number of nitrogens with zero attached hydrogens (tertiary/aromatic N) is 2. The lowest BCUT2D eigenvalue weighted by Crippen LogP contribution is -2.44. The molecule has 0 aliphatic carbocycles. The Morgan fingerprint density at radius 1 is 1.20 bits per heavy atom.